The van der Waals surface area contributed by atoms with Crippen LogP contribution in [0, 0.1) is 11.3 Å². The molecule has 2 saturated heterocycles. The van der Waals surface area contributed by atoms with Crippen molar-refractivity contribution in [3.8, 4) is 0 Å². The maximum atomic E-state index is 13.7. The Morgan fingerprint density at radius 1 is 1.23 bits per heavy atom. The van der Waals surface area contributed by atoms with Crippen LogP contribution >= 0.6 is 0 Å². The number of amides is 1. The summed E-state index contributed by atoms with van der Waals surface area (Å²) >= 11 is 0. The molecule has 9 nitrogen and oxygen atoms in total. The number of ether oxygens (including phenoxy) is 1. The molecule has 31 heavy (non-hydrogen) atoms. The lowest BCUT2D eigenvalue weighted by molar-refractivity contribution is -0.139. The topological polar surface area (TPSA) is 99.3 Å². The molecule has 9 heteroatoms. The van der Waals surface area contributed by atoms with Crippen molar-refractivity contribution in [3.05, 3.63) is 36.5 Å². The highest BCUT2D eigenvalue weighted by Gasteiger charge is 2.52. The average Bonchev–Trinajstić information content (AvgIpc) is 3.36. The van der Waals surface area contributed by atoms with Crippen LogP contribution in [-0.4, -0.2) is 76.4 Å². The van der Waals surface area contributed by atoms with E-state index in [1.54, 1.807) is 24.8 Å². The molecule has 5 rings (SSSR count). The molecule has 0 spiro atoms. The molecule has 3 atom stereocenters. The number of carbonyl (C=O) groups excluding carboxylic acids is 1. The lowest BCUT2D eigenvalue weighted by Crippen LogP contribution is -2.61. The van der Waals surface area contributed by atoms with E-state index in [2.05, 4.69) is 35.3 Å². The largest absolute Gasteiger partial charge is 0.379 e. The van der Waals surface area contributed by atoms with Gasteiger partial charge in [0.25, 0.3) is 0 Å². The number of aromatic nitrogens is 4. The summed E-state index contributed by atoms with van der Waals surface area (Å²) < 4.78 is 5.55. The minimum atomic E-state index is -0.404. The smallest absolute Gasteiger partial charge is 0.228 e. The fraction of sp³-hybridized carbons (Fsp3) is 0.636. The Morgan fingerprint density at radius 2 is 2.13 bits per heavy atom. The van der Waals surface area contributed by atoms with Crippen molar-refractivity contribution in [2.24, 2.45) is 11.3 Å². The van der Waals surface area contributed by atoms with E-state index in [4.69, 9.17) is 4.74 Å². The van der Waals surface area contributed by atoms with Crippen LogP contribution in [0.25, 0.3) is 0 Å². The van der Waals surface area contributed by atoms with Crippen LogP contribution in [0.4, 0.5) is 5.82 Å². The van der Waals surface area contributed by atoms with E-state index in [-0.39, 0.29) is 5.91 Å². The summed E-state index contributed by atoms with van der Waals surface area (Å²) in [5.74, 6) is 1.38. The van der Waals surface area contributed by atoms with Crippen molar-refractivity contribution in [1.29, 1.82) is 0 Å². The molecule has 1 aliphatic carbocycles. The van der Waals surface area contributed by atoms with E-state index in [0.29, 0.717) is 25.0 Å². The SMILES string of the molecule is O=C(NCc1ccn[nH]1)[C@@]12CC[C@H](N3CCOCC3)C[C@H]1CCN(c1cnccn1)C2. The number of rotatable bonds is 5. The number of carbonyl (C=O) groups is 1. The van der Waals surface area contributed by atoms with Gasteiger partial charge in [-0.25, -0.2) is 4.98 Å². The van der Waals surface area contributed by atoms with E-state index in [1.807, 2.05) is 6.07 Å². The molecular formula is C22H31N7O2. The lowest BCUT2D eigenvalue weighted by atomic mass is 9.61. The molecule has 2 aromatic rings. The van der Waals surface area contributed by atoms with Gasteiger partial charge < -0.3 is 15.0 Å². The summed E-state index contributed by atoms with van der Waals surface area (Å²) in [7, 11) is 0. The number of H-pyrrole nitrogens is 1. The van der Waals surface area contributed by atoms with Crippen LogP contribution in [0.15, 0.2) is 30.9 Å². The Morgan fingerprint density at radius 3 is 2.90 bits per heavy atom. The minimum Gasteiger partial charge on any atom is -0.379 e. The number of nitrogens with one attached hydrogen (secondary N) is 2. The highest BCUT2D eigenvalue weighted by Crippen LogP contribution is 2.48. The summed E-state index contributed by atoms with van der Waals surface area (Å²) in [5.41, 5.74) is 0.517. The highest BCUT2D eigenvalue weighted by molar-refractivity contribution is 5.84. The average molecular weight is 426 g/mol. The number of piperidine rings is 1. The van der Waals surface area contributed by atoms with Gasteiger partial charge in [-0.3, -0.25) is 19.8 Å². The van der Waals surface area contributed by atoms with E-state index in [1.165, 1.54) is 0 Å². The molecule has 3 fully saturated rings. The number of nitrogens with zero attached hydrogens (tertiary/aromatic N) is 5. The number of aromatic amines is 1. The first-order chi connectivity index (χ1) is 15.2. The lowest BCUT2D eigenvalue weighted by Gasteiger charge is -2.53. The predicted octanol–water partition coefficient (Wildman–Crippen LogP) is 1.21. The summed E-state index contributed by atoms with van der Waals surface area (Å²) in [6, 6.07) is 2.45. The maximum absolute atomic E-state index is 13.7. The molecule has 2 aromatic heterocycles. The van der Waals surface area contributed by atoms with Crippen LogP contribution in [-0.2, 0) is 16.1 Å². The van der Waals surface area contributed by atoms with Gasteiger partial charge in [0.15, 0.2) is 0 Å². The molecule has 166 valence electrons. The molecular weight excluding hydrogens is 394 g/mol. The molecule has 0 bridgehead atoms. The molecule has 2 aliphatic heterocycles. The third kappa shape index (κ3) is 4.16. The summed E-state index contributed by atoms with van der Waals surface area (Å²) in [5, 5.41) is 10.1. The van der Waals surface area contributed by atoms with Gasteiger partial charge in [0.1, 0.15) is 5.82 Å². The first-order valence-electron chi connectivity index (χ1n) is 11.3. The fourth-order valence-corrected chi connectivity index (χ4v) is 5.66. The van der Waals surface area contributed by atoms with Gasteiger partial charge in [0.05, 0.1) is 37.1 Å². The van der Waals surface area contributed by atoms with E-state index in [0.717, 1.165) is 70.0 Å². The zero-order chi connectivity index (χ0) is 21.1. The Bertz CT molecular complexity index is 856. The Hall–Kier alpha value is -2.52. The second kappa shape index (κ2) is 8.92. The zero-order valence-electron chi connectivity index (χ0n) is 17.9. The summed E-state index contributed by atoms with van der Waals surface area (Å²) in [6.45, 7) is 5.72. The number of hydrogen-bond acceptors (Lipinski definition) is 7. The second-order valence-corrected chi connectivity index (χ2v) is 8.97. The van der Waals surface area contributed by atoms with Gasteiger partial charge >= 0.3 is 0 Å². The molecule has 1 amide bonds. The molecule has 0 radical (unpaired) electrons. The van der Waals surface area contributed by atoms with Gasteiger partial charge in [-0.2, -0.15) is 5.10 Å². The molecule has 0 aromatic carbocycles. The van der Waals surface area contributed by atoms with Gasteiger partial charge in [-0.15, -0.1) is 0 Å². The number of hydrogen-bond donors (Lipinski definition) is 2. The van der Waals surface area contributed by atoms with Crippen molar-refractivity contribution in [3.63, 3.8) is 0 Å². The van der Waals surface area contributed by atoms with Crippen molar-refractivity contribution in [2.45, 2.75) is 38.3 Å². The number of fused-ring (bicyclic) bond motifs is 1. The summed E-state index contributed by atoms with van der Waals surface area (Å²) in [4.78, 5) is 27.2. The predicted molar refractivity (Wildman–Crippen MR) is 115 cm³/mol. The highest BCUT2D eigenvalue weighted by atomic mass is 16.5. The first kappa shape index (κ1) is 20.4. The van der Waals surface area contributed by atoms with Crippen molar-refractivity contribution in [2.75, 3.05) is 44.3 Å². The van der Waals surface area contributed by atoms with Gasteiger partial charge in [-0.05, 0) is 37.7 Å². The van der Waals surface area contributed by atoms with E-state index in [9.17, 15) is 4.79 Å². The molecule has 3 aliphatic rings. The quantitative estimate of drug-likeness (QED) is 0.743. The van der Waals surface area contributed by atoms with E-state index < -0.39 is 5.41 Å². The van der Waals surface area contributed by atoms with Crippen LogP contribution in [0.1, 0.15) is 31.4 Å². The van der Waals surface area contributed by atoms with Crippen molar-refractivity contribution >= 4 is 11.7 Å². The Kier molecular flexibility index (Phi) is 5.87. The first-order valence-corrected chi connectivity index (χ1v) is 11.3. The zero-order valence-corrected chi connectivity index (χ0v) is 17.9. The maximum Gasteiger partial charge on any atom is 0.228 e. The molecule has 4 heterocycles. The Balaban J connectivity index is 1.35. The molecule has 2 N–H and O–H groups in total. The minimum absolute atomic E-state index is 0.154. The van der Waals surface area contributed by atoms with Gasteiger partial charge in [-0.1, -0.05) is 0 Å². The standard InChI is InChI=1S/C22H31N7O2/c30-21(25-14-18-2-5-26-27-18)22-4-1-19(28-9-11-31-12-10-28)13-17(22)3-8-29(16-22)20-15-23-6-7-24-20/h2,5-7,15,17,19H,1,3-4,8-14,16H2,(H,25,30)(H,26,27)/t17-,19+,22-/m1/s1. The number of morpholine rings is 1. The van der Waals surface area contributed by atoms with Crippen molar-refractivity contribution in [1.82, 2.24) is 30.4 Å². The van der Waals surface area contributed by atoms with Gasteiger partial charge in [0, 0.05) is 50.8 Å². The van der Waals surface area contributed by atoms with E-state index >= 15 is 0 Å². The molecule has 0 unspecified atom stereocenters. The second-order valence-electron chi connectivity index (χ2n) is 8.97. The monoisotopic (exact) mass is 425 g/mol. The van der Waals surface area contributed by atoms with Gasteiger partial charge in [0.2, 0.25) is 5.91 Å². The fourth-order valence-electron chi connectivity index (χ4n) is 5.66. The summed E-state index contributed by atoms with van der Waals surface area (Å²) in [6.07, 6.45) is 10.9. The molecule has 1 saturated carbocycles. The van der Waals surface area contributed by atoms with Crippen LogP contribution in [0.3, 0.4) is 0 Å². The normalized spacial score (nSPS) is 29.4. The third-order valence-electron chi connectivity index (χ3n) is 7.37. The third-order valence-corrected chi connectivity index (χ3v) is 7.37. The van der Waals surface area contributed by atoms with Crippen LogP contribution in [0.2, 0.25) is 0 Å². The Labute approximate surface area is 182 Å². The van der Waals surface area contributed by atoms with Crippen LogP contribution < -0.4 is 10.2 Å². The van der Waals surface area contributed by atoms with Crippen LogP contribution in [0.5, 0.6) is 0 Å². The number of anilines is 1. The van der Waals surface area contributed by atoms with Crippen molar-refractivity contribution < 1.29 is 9.53 Å².